The van der Waals surface area contributed by atoms with Crippen LogP contribution in [0.1, 0.15) is 51.2 Å². The van der Waals surface area contributed by atoms with Crippen LogP contribution in [0.5, 0.6) is 0 Å². The number of thiazole rings is 1. The lowest BCUT2D eigenvalue weighted by molar-refractivity contribution is 0.566. The van der Waals surface area contributed by atoms with E-state index in [1.807, 2.05) is 0 Å². The third kappa shape index (κ3) is 5.36. The Morgan fingerprint density at radius 2 is 2.18 bits per heavy atom. The second-order valence-corrected chi connectivity index (χ2v) is 6.91. The quantitative estimate of drug-likeness (QED) is 0.628. The molecule has 0 fully saturated rings. The maximum absolute atomic E-state index is 6.06. The molecule has 17 heavy (non-hydrogen) atoms. The van der Waals surface area contributed by atoms with Gasteiger partial charge in [-0.15, -0.1) is 22.9 Å². The van der Waals surface area contributed by atoms with Gasteiger partial charge in [0.25, 0.3) is 0 Å². The molecule has 0 aliphatic carbocycles. The minimum absolute atomic E-state index is 0.151. The van der Waals surface area contributed by atoms with E-state index in [0.29, 0.717) is 5.38 Å². The van der Waals surface area contributed by atoms with Crippen molar-refractivity contribution in [2.45, 2.75) is 57.9 Å². The second kappa shape index (κ2) is 6.72. The van der Waals surface area contributed by atoms with E-state index in [2.05, 4.69) is 43.4 Å². The molecule has 0 aromatic carbocycles. The van der Waals surface area contributed by atoms with Crippen molar-refractivity contribution in [3.05, 3.63) is 16.1 Å². The highest BCUT2D eigenvalue weighted by atomic mass is 35.5. The summed E-state index contributed by atoms with van der Waals surface area (Å²) >= 11 is 7.79. The lowest BCUT2D eigenvalue weighted by Gasteiger charge is -2.14. The van der Waals surface area contributed by atoms with Crippen molar-refractivity contribution in [2.75, 3.05) is 6.54 Å². The summed E-state index contributed by atoms with van der Waals surface area (Å²) in [5, 5.41) is 7.01. The number of rotatable bonds is 6. The predicted molar refractivity (Wildman–Crippen MR) is 77.1 cm³/mol. The van der Waals surface area contributed by atoms with E-state index < -0.39 is 0 Å². The molecule has 1 heterocycles. The molecule has 1 unspecified atom stereocenters. The molecule has 98 valence electrons. The van der Waals surface area contributed by atoms with Gasteiger partial charge in [0.15, 0.2) is 0 Å². The first kappa shape index (κ1) is 14.9. The van der Waals surface area contributed by atoms with E-state index in [0.717, 1.165) is 30.9 Å². The third-order valence-electron chi connectivity index (χ3n) is 2.67. The number of nitrogens with zero attached hydrogens (tertiary/aromatic N) is 1. The van der Waals surface area contributed by atoms with Crippen LogP contribution in [0.15, 0.2) is 5.38 Å². The van der Waals surface area contributed by atoms with Gasteiger partial charge < -0.3 is 5.32 Å². The SMILES string of the molecule is CCC(Cl)CCNCc1nc(C(C)(C)C)cs1. The van der Waals surface area contributed by atoms with Crippen LogP contribution in [-0.2, 0) is 12.0 Å². The zero-order chi connectivity index (χ0) is 12.9. The van der Waals surface area contributed by atoms with Crippen LogP contribution < -0.4 is 5.32 Å². The molecule has 4 heteroatoms. The van der Waals surface area contributed by atoms with Crippen LogP contribution in [0.2, 0.25) is 0 Å². The van der Waals surface area contributed by atoms with E-state index in [4.69, 9.17) is 11.6 Å². The summed E-state index contributed by atoms with van der Waals surface area (Å²) in [6.07, 6.45) is 2.06. The number of aromatic nitrogens is 1. The van der Waals surface area contributed by atoms with Gasteiger partial charge in [-0.25, -0.2) is 4.98 Å². The van der Waals surface area contributed by atoms with Crippen LogP contribution in [0.3, 0.4) is 0 Å². The molecule has 1 atom stereocenters. The van der Waals surface area contributed by atoms with Crippen LogP contribution in [0, 0.1) is 0 Å². The van der Waals surface area contributed by atoms with Crippen LogP contribution in [0.25, 0.3) is 0 Å². The van der Waals surface area contributed by atoms with Crippen molar-refractivity contribution in [1.29, 1.82) is 0 Å². The first-order valence-corrected chi connectivity index (χ1v) is 7.54. The van der Waals surface area contributed by atoms with Gasteiger partial charge in [-0.3, -0.25) is 0 Å². The topological polar surface area (TPSA) is 24.9 Å². The highest BCUT2D eigenvalue weighted by molar-refractivity contribution is 7.09. The van der Waals surface area contributed by atoms with E-state index in [-0.39, 0.29) is 5.41 Å². The van der Waals surface area contributed by atoms with Crippen molar-refractivity contribution in [3.8, 4) is 0 Å². The molecule has 0 radical (unpaired) electrons. The number of alkyl halides is 1. The highest BCUT2D eigenvalue weighted by Crippen LogP contribution is 2.23. The maximum Gasteiger partial charge on any atom is 0.107 e. The summed E-state index contributed by atoms with van der Waals surface area (Å²) in [6, 6.07) is 0. The summed E-state index contributed by atoms with van der Waals surface area (Å²) in [5.74, 6) is 0. The normalized spacial score (nSPS) is 13.9. The molecular weight excluding hydrogens is 252 g/mol. The molecule has 1 aromatic rings. The third-order valence-corrected chi connectivity index (χ3v) is 4.05. The van der Waals surface area contributed by atoms with E-state index in [1.165, 1.54) is 5.69 Å². The molecule has 0 aliphatic rings. The number of halogens is 1. The zero-order valence-corrected chi connectivity index (χ0v) is 12.8. The lowest BCUT2D eigenvalue weighted by atomic mass is 9.93. The van der Waals surface area contributed by atoms with Crippen molar-refractivity contribution in [3.63, 3.8) is 0 Å². The predicted octanol–water partition coefficient (Wildman–Crippen LogP) is 3.94. The molecule has 0 amide bonds. The monoisotopic (exact) mass is 274 g/mol. The van der Waals surface area contributed by atoms with E-state index in [9.17, 15) is 0 Å². The molecule has 0 spiro atoms. The first-order valence-electron chi connectivity index (χ1n) is 6.23. The smallest absolute Gasteiger partial charge is 0.107 e. The Labute approximate surface area is 114 Å². The van der Waals surface area contributed by atoms with Crippen molar-refractivity contribution >= 4 is 22.9 Å². The van der Waals surface area contributed by atoms with Crippen molar-refractivity contribution in [1.82, 2.24) is 10.3 Å². The van der Waals surface area contributed by atoms with E-state index >= 15 is 0 Å². The maximum atomic E-state index is 6.06. The molecule has 0 bridgehead atoms. The summed E-state index contributed by atoms with van der Waals surface area (Å²) < 4.78 is 0. The average molecular weight is 275 g/mol. The minimum Gasteiger partial charge on any atom is -0.310 e. The molecule has 1 rings (SSSR count). The fourth-order valence-corrected chi connectivity index (χ4v) is 2.49. The Hall–Kier alpha value is -0.120. The van der Waals surface area contributed by atoms with Gasteiger partial charge in [-0.05, 0) is 19.4 Å². The second-order valence-electron chi connectivity index (χ2n) is 5.35. The van der Waals surface area contributed by atoms with E-state index in [1.54, 1.807) is 11.3 Å². The lowest BCUT2D eigenvalue weighted by Crippen LogP contribution is -2.18. The van der Waals surface area contributed by atoms with Crippen LogP contribution >= 0.6 is 22.9 Å². The van der Waals surface area contributed by atoms with Gasteiger partial charge in [0, 0.05) is 22.7 Å². The molecule has 1 N–H and O–H groups in total. The summed E-state index contributed by atoms with van der Waals surface area (Å²) in [4.78, 5) is 4.64. The Morgan fingerprint density at radius 3 is 2.71 bits per heavy atom. The summed E-state index contributed by atoms with van der Waals surface area (Å²) in [5.41, 5.74) is 1.33. The highest BCUT2D eigenvalue weighted by Gasteiger charge is 2.17. The van der Waals surface area contributed by atoms with Crippen molar-refractivity contribution < 1.29 is 0 Å². The molecule has 1 aromatic heterocycles. The Balaban J connectivity index is 2.31. The van der Waals surface area contributed by atoms with Crippen LogP contribution in [0.4, 0.5) is 0 Å². The molecular formula is C13H23ClN2S. The van der Waals surface area contributed by atoms with Gasteiger partial charge in [-0.2, -0.15) is 0 Å². The Bertz CT molecular complexity index is 330. The van der Waals surface area contributed by atoms with Gasteiger partial charge in [0.1, 0.15) is 5.01 Å². The van der Waals surface area contributed by atoms with Crippen molar-refractivity contribution in [2.24, 2.45) is 0 Å². The molecule has 2 nitrogen and oxygen atoms in total. The average Bonchev–Trinajstić information content (AvgIpc) is 2.72. The van der Waals surface area contributed by atoms with Gasteiger partial charge in [0.2, 0.25) is 0 Å². The zero-order valence-electron chi connectivity index (χ0n) is 11.2. The van der Waals surface area contributed by atoms with Gasteiger partial charge >= 0.3 is 0 Å². The first-order chi connectivity index (χ1) is 7.93. The Morgan fingerprint density at radius 1 is 1.47 bits per heavy atom. The fourth-order valence-electron chi connectivity index (χ4n) is 1.39. The minimum atomic E-state index is 0.151. The van der Waals surface area contributed by atoms with Gasteiger partial charge in [-0.1, -0.05) is 27.7 Å². The molecule has 0 aliphatic heterocycles. The molecule has 0 saturated carbocycles. The fraction of sp³-hybridized carbons (Fsp3) is 0.769. The summed E-state index contributed by atoms with van der Waals surface area (Å²) in [7, 11) is 0. The van der Waals surface area contributed by atoms with Gasteiger partial charge in [0.05, 0.1) is 5.69 Å². The number of nitrogens with one attached hydrogen (secondary N) is 1. The largest absolute Gasteiger partial charge is 0.310 e. The standard InChI is InChI=1S/C13H23ClN2S/c1-5-10(14)6-7-15-8-12-16-11(9-17-12)13(2,3)4/h9-10,15H,5-8H2,1-4H3. The number of hydrogen-bond acceptors (Lipinski definition) is 3. The molecule has 0 saturated heterocycles. The number of hydrogen-bond donors (Lipinski definition) is 1. The van der Waals surface area contributed by atoms with Crippen LogP contribution in [-0.4, -0.2) is 16.9 Å². The summed E-state index contributed by atoms with van der Waals surface area (Å²) in [6.45, 7) is 10.5. The Kier molecular flexibility index (Phi) is 5.90.